The Morgan fingerprint density at radius 2 is 2.25 bits per heavy atom. The summed E-state index contributed by atoms with van der Waals surface area (Å²) in [4.78, 5) is 0.463. The zero-order valence-electron chi connectivity index (χ0n) is 6.80. The molecular weight excluding hydrogens is 173 g/mol. The Hall–Kier alpha value is -0.960. The van der Waals surface area contributed by atoms with Gasteiger partial charge >= 0.3 is 0 Å². The lowest BCUT2D eigenvalue weighted by Crippen LogP contribution is -1.93. The minimum absolute atomic E-state index is 0.250. The van der Waals surface area contributed by atoms with Crippen molar-refractivity contribution in [3.05, 3.63) is 35.5 Å². The molecule has 1 rings (SSSR count). The molecule has 1 aromatic carbocycles. The molecule has 0 atom stereocenters. The highest BCUT2D eigenvalue weighted by Crippen LogP contribution is 2.29. The molecule has 1 aromatic rings. The zero-order chi connectivity index (χ0) is 9.14. The highest BCUT2D eigenvalue weighted by Gasteiger charge is 2.07. The van der Waals surface area contributed by atoms with Gasteiger partial charge in [0.25, 0.3) is 0 Å². The highest BCUT2D eigenvalue weighted by molar-refractivity contribution is 8.02. The maximum atomic E-state index is 13.3. The molecule has 0 saturated heterocycles. The number of hydrogen-bond donors (Lipinski definition) is 1. The second-order valence-corrected chi connectivity index (χ2v) is 3.38. The van der Waals surface area contributed by atoms with Crippen molar-refractivity contribution in [1.29, 1.82) is 0 Å². The average Bonchev–Trinajstić information content (AvgIpc) is 2.06. The van der Waals surface area contributed by atoms with Gasteiger partial charge in [-0.3, -0.25) is 0 Å². The lowest BCUT2D eigenvalue weighted by Gasteiger charge is -2.05. The summed E-state index contributed by atoms with van der Waals surface area (Å²) in [6.07, 6.45) is 0. The van der Waals surface area contributed by atoms with E-state index in [2.05, 4.69) is 6.58 Å². The van der Waals surface area contributed by atoms with Crippen LogP contribution in [-0.2, 0) is 0 Å². The Balaban J connectivity index is 3.22. The maximum Gasteiger partial charge on any atom is 0.142 e. The molecule has 64 valence electrons. The largest absolute Gasteiger partial charge is 0.398 e. The summed E-state index contributed by atoms with van der Waals surface area (Å²) in [5.41, 5.74) is 6.63. The van der Waals surface area contributed by atoms with E-state index in [9.17, 15) is 4.39 Å². The first-order chi connectivity index (χ1) is 5.66. The molecule has 0 amide bonds. The van der Waals surface area contributed by atoms with Crippen molar-refractivity contribution in [2.24, 2.45) is 0 Å². The van der Waals surface area contributed by atoms with Gasteiger partial charge in [-0.15, -0.1) is 0 Å². The van der Waals surface area contributed by atoms with Crippen LogP contribution in [0.5, 0.6) is 0 Å². The van der Waals surface area contributed by atoms with E-state index >= 15 is 0 Å². The predicted molar refractivity (Wildman–Crippen MR) is 51.6 cm³/mol. The van der Waals surface area contributed by atoms with Gasteiger partial charge in [-0.25, -0.2) is 4.39 Å². The van der Waals surface area contributed by atoms with Gasteiger partial charge in [-0.2, -0.15) is 0 Å². The third kappa shape index (κ3) is 1.61. The second kappa shape index (κ2) is 3.63. The first-order valence-electron chi connectivity index (χ1n) is 3.49. The van der Waals surface area contributed by atoms with Crippen LogP contribution >= 0.6 is 11.8 Å². The van der Waals surface area contributed by atoms with Crippen LogP contribution in [0.25, 0.3) is 0 Å². The van der Waals surface area contributed by atoms with Crippen LogP contribution < -0.4 is 5.73 Å². The van der Waals surface area contributed by atoms with E-state index in [0.717, 1.165) is 0 Å². The summed E-state index contributed by atoms with van der Waals surface area (Å²) in [5.74, 6) is -0.250. The van der Waals surface area contributed by atoms with Crippen molar-refractivity contribution in [2.75, 3.05) is 5.73 Å². The molecule has 2 N–H and O–H groups in total. The Labute approximate surface area is 75.5 Å². The number of nitrogen functional groups attached to an aromatic ring is 1. The number of anilines is 1. The van der Waals surface area contributed by atoms with Crippen molar-refractivity contribution in [1.82, 2.24) is 0 Å². The van der Waals surface area contributed by atoms with Crippen molar-refractivity contribution in [2.45, 2.75) is 11.8 Å². The van der Waals surface area contributed by atoms with Gasteiger partial charge in [-0.05, 0) is 24.0 Å². The van der Waals surface area contributed by atoms with Gasteiger partial charge in [0, 0.05) is 5.69 Å². The van der Waals surface area contributed by atoms with E-state index < -0.39 is 0 Å². The fraction of sp³-hybridized carbons (Fsp3) is 0.111. The number of benzene rings is 1. The van der Waals surface area contributed by atoms with Gasteiger partial charge in [-0.1, -0.05) is 24.4 Å². The smallest absolute Gasteiger partial charge is 0.142 e. The molecule has 0 aromatic heterocycles. The lowest BCUT2D eigenvalue weighted by atomic mass is 10.2. The normalized spacial score (nSPS) is 9.83. The first kappa shape index (κ1) is 9.13. The van der Waals surface area contributed by atoms with E-state index in [0.29, 0.717) is 16.1 Å². The quantitative estimate of drug-likeness (QED) is 0.563. The fourth-order valence-electron chi connectivity index (χ4n) is 0.873. The number of hydrogen-bond acceptors (Lipinski definition) is 2. The molecule has 0 fully saturated rings. The van der Waals surface area contributed by atoms with Crippen molar-refractivity contribution in [3.8, 4) is 0 Å². The third-order valence-electron chi connectivity index (χ3n) is 1.52. The molecule has 3 heteroatoms. The molecule has 0 unspecified atom stereocenters. The maximum absolute atomic E-state index is 13.3. The topological polar surface area (TPSA) is 26.0 Å². The number of thioether (sulfide) groups is 1. The number of halogens is 1. The molecule has 0 radical (unpaired) electrons. The van der Waals surface area contributed by atoms with Gasteiger partial charge in [0.2, 0.25) is 0 Å². The van der Waals surface area contributed by atoms with E-state index in [1.807, 2.05) is 0 Å². The van der Waals surface area contributed by atoms with E-state index in [-0.39, 0.29) is 5.82 Å². The second-order valence-electron chi connectivity index (χ2n) is 2.40. The highest BCUT2D eigenvalue weighted by atomic mass is 32.2. The van der Waals surface area contributed by atoms with Gasteiger partial charge in [0.15, 0.2) is 0 Å². The molecule has 0 spiro atoms. The third-order valence-corrected chi connectivity index (χ3v) is 2.34. The standard InChI is InChI=1S/C9H10FNS/c1-3-12-9-7(11)5-4-6(2)8(9)10/h3-5H,1,11H2,2H3. The summed E-state index contributed by atoms with van der Waals surface area (Å²) in [7, 11) is 0. The minimum atomic E-state index is -0.250. The Morgan fingerprint density at radius 3 is 2.83 bits per heavy atom. The van der Waals surface area contributed by atoms with Crippen molar-refractivity contribution < 1.29 is 4.39 Å². The summed E-state index contributed by atoms with van der Waals surface area (Å²) in [6, 6.07) is 3.36. The van der Waals surface area contributed by atoms with Crippen LogP contribution in [0, 0.1) is 12.7 Å². The SMILES string of the molecule is C=CSc1c(N)ccc(C)c1F. The summed E-state index contributed by atoms with van der Waals surface area (Å²) >= 11 is 1.21. The van der Waals surface area contributed by atoms with Crippen LogP contribution in [0.4, 0.5) is 10.1 Å². The Morgan fingerprint density at radius 1 is 1.58 bits per heavy atom. The van der Waals surface area contributed by atoms with Crippen LogP contribution in [-0.4, -0.2) is 0 Å². The molecule has 0 aliphatic carbocycles. The van der Waals surface area contributed by atoms with Gasteiger partial charge in [0.05, 0.1) is 4.90 Å². The monoisotopic (exact) mass is 183 g/mol. The van der Waals surface area contributed by atoms with Crippen LogP contribution in [0.1, 0.15) is 5.56 Å². The lowest BCUT2D eigenvalue weighted by molar-refractivity contribution is 0.594. The van der Waals surface area contributed by atoms with E-state index in [4.69, 9.17) is 5.73 Å². The Kier molecular flexibility index (Phi) is 2.76. The van der Waals surface area contributed by atoms with Crippen molar-refractivity contribution >= 4 is 17.4 Å². The molecule has 0 aliphatic heterocycles. The number of nitrogens with two attached hydrogens (primary N) is 1. The zero-order valence-corrected chi connectivity index (χ0v) is 7.62. The molecule has 0 saturated carbocycles. The average molecular weight is 183 g/mol. The Bertz CT molecular complexity index is 310. The molecule has 0 aliphatic rings. The van der Waals surface area contributed by atoms with Crippen molar-refractivity contribution in [3.63, 3.8) is 0 Å². The van der Waals surface area contributed by atoms with Crippen LogP contribution in [0.2, 0.25) is 0 Å². The van der Waals surface area contributed by atoms with Gasteiger partial charge in [0.1, 0.15) is 5.82 Å². The molecule has 0 bridgehead atoms. The molecule has 1 nitrogen and oxygen atoms in total. The number of aryl methyl sites for hydroxylation is 1. The summed E-state index contributed by atoms with van der Waals surface area (Å²) < 4.78 is 13.3. The first-order valence-corrected chi connectivity index (χ1v) is 4.37. The summed E-state index contributed by atoms with van der Waals surface area (Å²) in [6.45, 7) is 5.22. The predicted octanol–water partition coefficient (Wildman–Crippen LogP) is 2.95. The van der Waals surface area contributed by atoms with E-state index in [1.165, 1.54) is 11.8 Å². The molecule has 0 heterocycles. The van der Waals surface area contributed by atoms with E-state index in [1.54, 1.807) is 24.5 Å². The molecule has 12 heavy (non-hydrogen) atoms. The van der Waals surface area contributed by atoms with Crippen LogP contribution in [0.15, 0.2) is 29.0 Å². The van der Waals surface area contributed by atoms with Gasteiger partial charge < -0.3 is 5.73 Å². The van der Waals surface area contributed by atoms with Crippen LogP contribution in [0.3, 0.4) is 0 Å². The fourth-order valence-corrected chi connectivity index (χ4v) is 1.51. The minimum Gasteiger partial charge on any atom is -0.398 e. The molecular formula is C9H10FNS. The number of rotatable bonds is 2. The summed E-state index contributed by atoms with van der Waals surface area (Å²) in [5, 5.41) is 1.56.